The van der Waals surface area contributed by atoms with E-state index in [1.165, 1.54) is 5.48 Å². The molecule has 1 rings (SSSR count). The second kappa shape index (κ2) is 5.07. The SMILES string of the molecule is Cl.ONC(F)c1ccccc1. The van der Waals surface area contributed by atoms with Gasteiger partial charge < -0.3 is 5.21 Å². The van der Waals surface area contributed by atoms with Gasteiger partial charge in [-0.3, -0.25) is 0 Å². The summed E-state index contributed by atoms with van der Waals surface area (Å²) in [5.74, 6) is 0. The number of hydroxylamine groups is 1. The number of halogens is 2. The van der Waals surface area contributed by atoms with Crippen molar-refractivity contribution in [2.75, 3.05) is 0 Å². The lowest BCUT2D eigenvalue weighted by molar-refractivity contribution is 0.0592. The van der Waals surface area contributed by atoms with E-state index < -0.39 is 6.30 Å². The summed E-state index contributed by atoms with van der Waals surface area (Å²) >= 11 is 0. The minimum absolute atomic E-state index is 0. The van der Waals surface area contributed by atoms with Gasteiger partial charge in [-0.05, 0) is 0 Å². The van der Waals surface area contributed by atoms with E-state index in [0.717, 1.165) is 0 Å². The highest BCUT2D eigenvalue weighted by Crippen LogP contribution is 2.11. The summed E-state index contributed by atoms with van der Waals surface area (Å²) < 4.78 is 12.5. The van der Waals surface area contributed by atoms with Crippen LogP contribution in [-0.4, -0.2) is 5.21 Å². The van der Waals surface area contributed by atoms with Crippen molar-refractivity contribution in [2.45, 2.75) is 6.30 Å². The molecule has 0 aliphatic rings. The van der Waals surface area contributed by atoms with Crippen molar-refractivity contribution in [3.63, 3.8) is 0 Å². The van der Waals surface area contributed by atoms with Crippen molar-refractivity contribution in [1.82, 2.24) is 5.48 Å². The van der Waals surface area contributed by atoms with Gasteiger partial charge in [-0.25, -0.2) is 4.39 Å². The standard InChI is InChI=1S/C7H8FNO.ClH/c8-7(9-10)6-4-2-1-3-5-6;/h1-5,7,9-10H;1H. The van der Waals surface area contributed by atoms with Gasteiger partial charge in [-0.2, -0.15) is 5.48 Å². The molecule has 0 saturated carbocycles. The molecule has 0 amide bonds. The predicted molar refractivity (Wildman–Crippen MR) is 42.5 cm³/mol. The van der Waals surface area contributed by atoms with Gasteiger partial charge in [0.1, 0.15) is 0 Å². The molecule has 1 aromatic rings. The monoisotopic (exact) mass is 177 g/mol. The summed E-state index contributed by atoms with van der Waals surface area (Å²) in [5, 5.41) is 8.16. The molecular formula is C7H9ClFNO. The van der Waals surface area contributed by atoms with Crippen LogP contribution >= 0.6 is 12.4 Å². The van der Waals surface area contributed by atoms with E-state index in [9.17, 15) is 4.39 Å². The molecule has 2 nitrogen and oxygen atoms in total. The fourth-order valence-corrected chi connectivity index (χ4v) is 0.697. The average Bonchev–Trinajstić information content (AvgIpc) is 2.05. The van der Waals surface area contributed by atoms with Gasteiger partial charge in [-0.1, -0.05) is 30.3 Å². The highest BCUT2D eigenvalue weighted by Gasteiger charge is 2.04. The molecule has 0 saturated heterocycles. The maximum atomic E-state index is 12.5. The van der Waals surface area contributed by atoms with E-state index in [-0.39, 0.29) is 12.4 Å². The van der Waals surface area contributed by atoms with Gasteiger partial charge in [0.15, 0.2) is 6.30 Å². The maximum absolute atomic E-state index is 12.5. The maximum Gasteiger partial charge on any atom is 0.197 e. The third-order valence-corrected chi connectivity index (χ3v) is 1.21. The first-order chi connectivity index (χ1) is 4.84. The van der Waals surface area contributed by atoms with Gasteiger partial charge >= 0.3 is 0 Å². The first kappa shape index (κ1) is 10.4. The third-order valence-electron chi connectivity index (χ3n) is 1.21. The van der Waals surface area contributed by atoms with Crippen molar-refractivity contribution in [2.24, 2.45) is 0 Å². The van der Waals surface area contributed by atoms with Crippen molar-refractivity contribution in [3.8, 4) is 0 Å². The Hall–Kier alpha value is -0.640. The number of hydrogen-bond donors (Lipinski definition) is 2. The summed E-state index contributed by atoms with van der Waals surface area (Å²) in [6.07, 6.45) is -1.48. The zero-order valence-electron chi connectivity index (χ0n) is 5.70. The van der Waals surface area contributed by atoms with Gasteiger partial charge in [0.2, 0.25) is 0 Å². The number of nitrogens with one attached hydrogen (secondary N) is 1. The van der Waals surface area contributed by atoms with Gasteiger partial charge in [0.25, 0.3) is 0 Å². The summed E-state index contributed by atoms with van der Waals surface area (Å²) in [4.78, 5) is 0. The Bertz CT molecular complexity index is 195. The van der Waals surface area contributed by atoms with Crippen LogP contribution in [0.3, 0.4) is 0 Å². The van der Waals surface area contributed by atoms with Gasteiger partial charge in [0, 0.05) is 5.56 Å². The molecule has 1 atom stereocenters. The molecule has 0 spiro atoms. The number of benzene rings is 1. The van der Waals surface area contributed by atoms with Crippen LogP contribution in [0.25, 0.3) is 0 Å². The van der Waals surface area contributed by atoms with Crippen molar-refractivity contribution < 1.29 is 9.60 Å². The molecule has 0 aromatic heterocycles. The summed E-state index contributed by atoms with van der Waals surface area (Å²) in [6.45, 7) is 0. The van der Waals surface area contributed by atoms with Gasteiger partial charge in [0.05, 0.1) is 0 Å². The van der Waals surface area contributed by atoms with Crippen LogP contribution < -0.4 is 5.48 Å². The van der Waals surface area contributed by atoms with Crippen LogP contribution in [0.2, 0.25) is 0 Å². The Kier molecular flexibility index (Phi) is 4.77. The number of hydrogen-bond acceptors (Lipinski definition) is 2. The van der Waals surface area contributed by atoms with Crippen molar-refractivity contribution in [3.05, 3.63) is 35.9 Å². The van der Waals surface area contributed by atoms with Crippen LogP contribution in [0.4, 0.5) is 4.39 Å². The van der Waals surface area contributed by atoms with Crippen LogP contribution in [-0.2, 0) is 0 Å². The zero-order valence-corrected chi connectivity index (χ0v) is 6.51. The summed E-state index contributed by atoms with van der Waals surface area (Å²) in [6, 6.07) is 8.38. The Balaban J connectivity index is 0.000001000. The quantitative estimate of drug-likeness (QED) is 0.536. The molecule has 62 valence electrons. The van der Waals surface area contributed by atoms with E-state index in [0.29, 0.717) is 5.56 Å². The molecule has 1 aromatic carbocycles. The van der Waals surface area contributed by atoms with Crippen LogP contribution in [0.15, 0.2) is 30.3 Å². The van der Waals surface area contributed by atoms with E-state index in [1.54, 1.807) is 30.3 Å². The first-order valence-electron chi connectivity index (χ1n) is 2.93. The molecule has 0 heterocycles. The lowest BCUT2D eigenvalue weighted by atomic mass is 10.2. The molecular weight excluding hydrogens is 169 g/mol. The Labute approximate surface area is 70.4 Å². The van der Waals surface area contributed by atoms with Crippen molar-refractivity contribution in [1.29, 1.82) is 0 Å². The molecule has 0 aliphatic carbocycles. The van der Waals surface area contributed by atoms with E-state index in [4.69, 9.17) is 5.21 Å². The van der Waals surface area contributed by atoms with Gasteiger partial charge in [-0.15, -0.1) is 12.4 Å². The predicted octanol–water partition coefficient (Wildman–Crippen LogP) is 2.06. The van der Waals surface area contributed by atoms with E-state index in [1.807, 2.05) is 0 Å². The van der Waals surface area contributed by atoms with Crippen molar-refractivity contribution >= 4 is 12.4 Å². The second-order valence-electron chi connectivity index (χ2n) is 1.90. The molecule has 0 bridgehead atoms. The highest BCUT2D eigenvalue weighted by molar-refractivity contribution is 5.85. The lowest BCUT2D eigenvalue weighted by Crippen LogP contribution is -2.11. The normalized spacial score (nSPS) is 11.8. The minimum atomic E-state index is -1.48. The van der Waals surface area contributed by atoms with Crippen LogP contribution in [0, 0.1) is 0 Å². The zero-order chi connectivity index (χ0) is 7.40. The molecule has 1 unspecified atom stereocenters. The number of alkyl halides is 1. The van der Waals surface area contributed by atoms with E-state index in [2.05, 4.69) is 0 Å². The molecule has 4 heteroatoms. The molecule has 2 N–H and O–H groups in total. The first-order valence-corrected chi connectivity index (χ1v) is 2.93. The Morgan fingerprint density at radius 1 is 1.27 bits per heavy atom. The van der Waals surface area contributed by atoms with Crippen LogP contribution in [0.1, 0.15) is 11.9 Å². The Morgan fingerprint density at radius 3 is 2.27 bits per heavy atom. The molecule has 0 aliphatic heterocycles. The minimum Gasteiger partial charge on any atom is -0.314 e. The van der Waals surface area contributed by atoms with E-state index >= 15 is 0 Å². The van der Waals surface area contributed by atoms with Crippen LogP contribution in [0.5, 0.6) is 0 Å². The highest BCUT2D eigenvalue weighted by atomic mass is 35.5. The molecule has 0 radical (unpaired) electrons. The second-order valence-corrected chi connectivity index (χ2v) is 1.90. The fraction of sp³-hybridized carbons (Fsp3) is 0.143. The largest absolute Gasteiger partial charge is 0.314 e. The number of rotatable bonds is 2. The Morgan fingerprint density at radius 2 is 1.82 bits per heavy atom. The average molecular weight is 178 g/mol. The lowest BCUT2D eigenvalue weighted by Gasteiger charge is -2.03. The summed E-state index contributed by atoms with van der Waals surface area (Å²) in [7, 11) is 0. The molecule has 11 heavy (non-hydrogen) atoms. The molecule has 0 fully saturated rings. The smallest absolute Gasteiger partial charge is 0.197 e. The topological polar surface area (TPSA) is 32.3 Å². The fourth-order valence-electron chi connectivity index (χ4n) is 0.697. The summed E-state index contributed by atoms with van der Waals surface area (Å²) in [5.41, 5.74) is 1.94. The third kappa shape index (κ3) is 2.84.